The minimum atomic E-state index is -0.266. The number of rotatable bonds is 5. The highest BCUT2D eigenvalue weighted by Crippen LogP contribution is 2.33. The van der Waals surface area contributed by atoms with Gasteiger partial charge in [0.25, 0.3) is 11.8 Å². The molecule has 8 heteroatoms. The highest BCUT2D eigenvalue weighted by atomic mass is 35.5. The molecule has 1 saturated carbocycles. The van der Waals surface area contributed by atoms with Crippen molar-refractivity contribution >= 4 is 50.7 Å². The summed E-state index contributed by atoms with van der Waals surface area (Å²) < 4.78 is 1.77. The zero-order valence-electron chi connectivity index (χ0n) is 16.7. The van der Waals surface area contributed by atoms with Gasteiger partial charge in [0.15, 0.2) is 0 Å². The third-order valence-corrected chi connectivity index (χ3v) is 6.61. The van der Waals surface area contributed by atoms with Gasteiger partial charge in [-0.05, 0) is 50.1 Å². The second-order valence-corrected chi connectivity index (χ2v) is 8.96. The summed E-state index contributed by atoms with van der Waals surface area (Å²) in [5, 5.41) is 11.9. The molecule has 2 amide bonds. The highest BCUT2D eigenvalue weighted by molar-refractivity contribution is 7.20. The molecule has 31 heavy (non-hydrogen) atoms. The lowest BCUT2D eigenvalue weighted by atomic mass is 10.1. The normalized spacial score (nSPS) is 13.4. The van der Waals surface area contributed by atoms with Crippen LogP contribution in [0.25, 0.3) is 15.9 Å². The third-order valence-electron chi connectivity index (χ3n) is 5.18. The fraction of sp³-hybridized carbons (Fsp3) is 0.174. The van der Waals surface area contributed by atoms with E-state index in [2.05, 4.69) is 15.7 Å². The monoisotopic (exact) mass is 450 g/mol. The van der Waals surface area contributed by atoms with Crippen molar-refractivity contribution in [2.75, 3.05) is 5.32 Å². The molecule has 2 N–H and O–H groups in total. The average molecular weight is 451 g/mol. The van der Waals surface area contributed by atoms with Crippen LogP contribution in [0.4, 0.5) is 5.69 Å². The molecule has 0 radical (unpaired) electrons. The Morgan fingerprint density at radius 3 is 2.61 bits per heavy atom. The van der Waals surface area contributed by atoms with Gasteiger partial charge in [-0.2, -0.15) is 5.10 Å². The number of aryl methyl sites for hydroxylation is 1. The predicted octanol–water partition coefficient (Wildman–Crippen LogP) is 5.19. The molecule has 6 nitrogen and oxygen atoms in total. The first-order valence-corrected chi connectivity index (χ1v) is 11.2. The van der Waals surface area contributed by atoms with Gasteiger partial charge in [0, 0.05) is 11.4 Å². The molecule has 4 aromatic rings. The van der Waals surface area contributed by atoms with Crippen molar-refractivity contribution in [3.63, 3.8) is 0 Å². The van der Waals surface area contributed by atoms with Crippen LogP contribution in [0.3, 0.4) is 0 Å². The lowest BCUT2D eigenvalue weighted by Gasteiger charge is -2.10. The van der Waals surface area contributed by atoms with Crippen LogP contribution in [0.1, 0.15) is 38.6 Å². The Labute approximate surface area is 187 Å². The minimum Gasteiger partial charge on any atom is -0.349 e. The third kappa shape index (κ3) is 3.82. The van der Waals surface area contributed by atoms with E-state index < -0.39 is 0 Å². The van der Waals surface area contributed by atoms with Crippen molar-refractivity contribution in [2.24, 2.45) is 0 Å². The van der Waals surface area contributed by atoms with Crippen LogP contribution in [0.15, 0.2) is 54.6 Å². The van der Waals surface area contributed by atoms with Crippen molar-refractivity contribution in [2.45, 2.75) is 25.8 Å². The Morgan fingerprint density at radius 1 is 1.10 bits per heavy atom. The Kier molecular flexibility index (Phi) is 5.00. The van der Waals surface area contributed by atoms with E-state index in [1.165, 1.54) is 11.3 Å². The second kappa shape index (κ2) is 7.83. The summed E-state index contributed by atoms with van der Waals surface area (Å²) in [5.41, 5.74) is 2.53. The van der Waals surface area contributed by atoms with E-state index in [0.717, 1.165) is 34.4 Å². The van der Waals surface area contributed by atoms with Gasteiger partial charge >= 0.3 is 0 Å². The quantitative estimate of drug-likeness (QED) is 0.439. The number of carbonyl (C=O) groups is 2. The summed E-state index contributed by atoms with van der Waals surface area (Å²) in [4.78, 5) is 26.9. The topological polar surface area (TPSA) is 76.0 Å². The molecule has 1 aliphatic rings. The van der Waals surface area contributed by atoms with Gasteiger partial charge in [0.2, 0.25) is 0 Å². The van der Waals surface area contributed by atoms with E-state index in [1.807, 2.05) is 37.3 Å². The number of para-hydroxylation sites is 2. The molecule has 0 atom stereocenters. The first kappa shape index (κ1) is 19.8. The van der Waals surface area contributed by atoms with Crippen LogP contribution >= 0.6 is 22.9 Å². The molecule has 2 heterocycles. The molecule has 0 bridgehead atoms. The lowest BCUT2D eigenvalue weighted by molar-refractivity contribution is 0.0952. The maximum atomic E-state index is 13.0. The summed E-state index contributed by atoms with van der Waals surface area (Å²) in [6.45, 7) is 1.90. The maximum absolute atomic E-state index is 13.0. The molecule has 1 aliphatic carbocycles. The smallest absolute Gasteiger partial charge is 0.265 e. The van der Waals surface area contributed by atoms with E-state index in [1.54, 1.807) is 28.9 Å². The predicted molar refractivity (Wildman–Crippen MR) is 124 cm³/mol. The SMILES string of the molecule is Cc1nn(-c2ccccc2Cl)c2sc(C(=O)Nc3ccccc3C(=O)NC3CC3)cc12. The van der Waals surface area contributed by atoms with Gasteiger partial charge < -0.3 is 10.6 Å². The van der Waals surface area contributed by atoms with E-state index in [0.29, 0.717) is 21.2 Å². The molecule has 0 saturated heterocycles. The number of anilines is 1. The number of benzene rings is 2. The van der Waals surface area contributed by atoms with Gasteiger partial charge in [-0.25, -0.2) is 4.68 Å². The Balaban J connectivity index is 1.46. The summed E-state index contributed by atoms with van der Waals surface area (Å²) in [6.07, 6.45) is 2.01. The van der Waals surface area contributed by atoms with Crippen molar-refractivity contribution in [3.8, 4) is 5.69 Å². The molecule has 2 aromatic carbocycles. The summed E-state index contributed by atoms with van der Waals surface area (Å²) >= 11 is 7.70. The zero-order valence-corrected chi connectivity index (χ0v) is 18.3. The number of halogens is 1. The average Bonchev–Trinajstić information content (AvgIpc) is 3.37. The maximum Gasteiger partial charge on any atom is 0.265 e. The van der Waals surface area contributed by atoms with Crippen LogP contribution in [-0.2, 0) is 0 Å². The number of aromatic nitrogens is 2. The molecular weight excluding hydrogens is 432 g/mol. The zero-order chi connectivity index (χ0) is 21.5. The fourth-order valence-corrected chi connectivity index (χ4v) is 4.70. The number of hydrogen-bond acceptors (Lipinski definition) is 4. The number of thiophene rings is 1. The number of fused-ring (bicyclic) bond motifs is 1. The van der Waals surface area contributed by atoms with Crippen LogP contribution in [0.5, 0.6) is 0 Å². The van der Waals surface area contributed by atoms with Gasteiger partial charge in [-0.3, -0.25) is 9.59 Å². The Morgan fingerprint density at radius 2 is 1.84 bits per heavy atom. The van der Waals surface area contributed by atoms with E-state index in [4.69, 9.17) is 11.6 Å². The van der Waals surface area contributed by atoms with Crippen molar-refractivity contribution < 1.29 is 9.59 Å². The van der Waals surface area contributed by atoms with Crippen molar-refractivity contribution in [1.82, 2.24) is 15.1 Å². The van der Waals surface area contributed by atoms with Crippen LogP contribution in [0.2, 0.25) is 5.02 Å². The first-order valence-electron chi connectivity index (χ1n) is 9.96. The van der Waals surface area contributed by atoms with E-state index >= 15 is 0 Å². The van der Waals surface area contributed by atoms with E-state index in [-0.39, 0.29) is 17.9 Å². The molecule has 0 spiro atoms. The molecule has 1 fully saturated rings. The van der Waals surface area contributed by atoms with E-state index in [9.17, 15) is 9.59 Å². The minimum absolute atomic E-state index is 0.167. The Hall–Kier alpha value is -3.16. The number of nitrogens with zero attached hydrogens (tertiary/aromatic N) is 2. The van der Waals surface area contributed by atoms with Gasteiger partial charge in [-0.1, -0.05) is 35.9 Å². The molecule has 0 unspecified atom stereocenters. The van der Waals surface area contributed by atoms with Crippen molar-refractivity contribution in [3.05, 3.63) is 75.8 Å². The summed E-state index contributed by atoms with van der Waals surface area (Å²) in [5.74, 6) is -0.432. The number of amides is 2. The van der Waals surface area contributed by atoms with Crippen LogP contribution in [0, 0.1) is 6.92 Å². The largest absolute Gasteiger partial charge is 0.349 e. The molecule has 2 aromatic heterocycles. The van der Waals surface area contributed by atoms with Gasteiger partial charge in [0.05, 0.1) is 32.5 Å². The first-order chi connectivity index (χ1) is 15.0. The molecule has 0 aliphatic heterocycles. The highest BCUT2D eigenvalue weighted by Gasteiger charge is 2.25. The molecule has 5 rings (SSSR count). The lowest BCUT2D eigenvalue weighted by Crippen LogP contribution is -2.26. The standard InChI is InChI=1S/C23H19ClN4O2S/c1-13-16-12-20(31-23(16)28(27-13)19-9-5-3-7-17(19)24)22(30)26-18-8-4-2-6-15(18)21(29)25-14-10-11-14/h2-9,12,14H,10-11H2,1H3,(H,25,29)(H,26,30). The van der Waals surface area contributed by atoms with Crippen LogP contribution in [-0.4, -0.2) is 27.6 Å². The van der Waals surface area contributed by atoms with Gasteiger partial charge in [0.1, 0.15) is 4.83 Å². The van der Waals surface area contributed by atoms with Crippen molar-refractivity contribution in [1.29, 1.82) is 0 Å². The number of carbonyl (C=O) groups excluding carboxylic acids is 2. The van der Waals surface area contributed by atoms with Gasteiger partial charge in [-0.15, -0.1) is 11.3 Å². The summed E-state index contributed by atoms with van der Waals surface area (Å²) in [7, 11) is 0. The Bertz CT molecular complexity index is 1320. The molecule has 156 valence electrons. The number of hydrogen-bond donors (Lipinski definition) is 2. The second-order valence-electron chi connectivity index (χ2n) is 7.53. The van der Waals surface area contributed by atoms with Crippen LogP contribution < -0.4 is 10.6 Å². The summed E-state index contributed by atoms with van der Waals surface area (Å²) in [6, 6.07) is 16.6. The molecular formula is C23H19ClN4O2S. The number of nitrogens with one attached hydrogen (secondary N) is 2. The fourth-order valence-electron chi connectivity index (χ4n) is 3.41.